The van der Waals surface area contributed by atoms with E-state index in [4.69, 9.17) is 14.2 Å². The van der Waals surface area contributed by atoms with Crippen molar-refractivity contribution in [3.63, 3.8) is 0 Å². The minimum atomic E-state index is -0.297. The third-order valence-corrected chi connectivity index (χ3v) is 4.55. The number of nitrogens with one attached hydrogen (secondary N) is 1. The molecule has 0 saturated carbocycles. The van der Waals surface area contributed by atoms with Crippen LogP contribution in [0.15, 0.2) is 42.5 Å². The molecule has 1 heterocycles. The van der Waals surface area contributed by atoms with Crippen molar-refractivity contribution in [1.82, 2.24) is 5.32 Å². The SMILES string of the molecule is COc1cc(OC)cc(C(=O)NCC2CN(c3cccc(C)c3)C(=O)CO2)c1. The van der Waals surface area contributed by atoms with Gasteiger partial charge in [0.25, 0.3) is 11.8 Å². The molecule has 1 unspecified atom stereocenters. The van der Waals surface area contributed by atoms with E-state index in [9.17, 15) is 9.59 Å². The van der Waals surface area contributed by atoms with Gasteiger partial charge in [0.1, 0.15) is 18.1 Å². The Balaban J connectivity index is 1.64. The number of methoxy groups -OCH3 is 2. The van der Waals surface area contributed by atoms with Gasteiger partial charge in [0.2, 0.25) is 0 Å². The van der Waals surface area contributed by atoms with Crippen molar-refractivity contribution in [3.05, 3.63) is 53.6 Å². The van der Waals surface area contributed by atoms with Gasteiger partial charge >= 0.3 is 0 Å². The van der Waals surface area contributed by atoms with Crippen LogP contribution in [0.3, 0.4) is 0 Å². The molecule has 0 aliphatic carbocycles. The Hall–Kier alpha value is -3.06. The first kappa shape index (κ1) is 19.7. The van der Waals surface area contributed by atoms with Crippen molar-refractivity contribution >= 4 is 17.5 Å². The molecule has 7 heteroatoms. The van der Waals surface area contributed by atoms with E-state index in [1.165, 1.54) is 14.2 Å². The van der Waals surface area contributed by atoms with Crippen LogP contribution in [-0.4, -0.2) is 51.8 Å². The van der Waals surface area contributed by atoms with E-state index in [-0.39, 0.29) is 31.1 Å². The Morgan fingerprint density at radius 3 is 2.54 bits per heavy atom. The average molecular weight is 384 g/mol. The van der Waals surface area contributed by atoms with Gasteiger partial charge < -0.3 is 24.4 Å². The van der Waals surface area contributed by atoms with E-state index >= 15 is 0 Å². The van der Waals surface area contributed by atoms with Gasteiger partial charge in [-0.05, 0) is 36.8 Å². The molecule has 2 amide bonds. The first-order valence-electron chi connectivity index (χ1n) is 9.00. The van der Waals surface area contributed by atoms with E-state index in [0.717, 1.165) is 11.3 Å². The van der Waals surface area contributed by atoms with Gasteiger partial charge in [-0.2, -0.15) is 0 Å². The number of ether oxygens (including phenoxy) is 3. The first-order chi connectivity index (χ1) is 13.5. The maximum absolute atomic E-state index is 12.5. The zero-order valence-electron chi connectivity index (χ0n) is 16.2. The number of hydrogen-bond donors (Lipinski definition) is 1. The number of benzene rings is 2. The molecule has 1 atom stereocenters. The Bertz CT molecular complexity index is 845. The van der Waals surface area contributed by atoms with Gasteiger partial charge in [-0.3, -0.25) is 9.59 Å². The molecule has 0 bridgehead atoms. The Morgan fingerprint density at radius 1 is 1.18 bits per heavy atom. The van der Waals surface area contributed by atoms with Crippen molar-refractivity contribution in [2.75, 3.05) is 38.8 Å². The van der Waals surface area contributed by atoms with Gasteiger partial charge in [0.15, 0.2) is 0 Å². The fraction of sp³-hybridized carbons (Fsp3) is 0.333. The van der Waals surface area contributed by atoms with Gasteiger partial charge in [-0.1, -0.05) is 12.1 Å². The second kappa shape index (κ2) is 8.75. The normalized spacial score (nSPS) is 16.6. The van der Waals surface area contributed by atoms with Gasteiger partial charge in [-0.15, -0.1) is 0 Å². The molecule has 1 N–H and O–H groups in total. The van der Waals surface area contributed by atoms with E-state index in [2.05, 4.69) is 5.32 Å². The molecular weight excluding hydrogens is 360 g/mol. The minimum absolute atomic E-state index is 0.0124. The summed E-state index contributed by atoms with van der Waals surface area (Å²) in [4.78, 5) is 26.5. The second-order valence-electron chi connectivity index (χ2n) is 6.59. The van der Waals surface area contributed by atoms with Crippen LogP contribution < -0.4 is 19.7 Å². The molecule has 0 spiro atoms. The van der Waals surface area contributed by atoms with Crippen LogP contribution in [-0.2, 0) is 9.53 Å². The Labute approximate surface area is 164 Å². The lowest BCUT2D eigenvalue weighted by Gasteiger charge is -2.33. The number of rotatable bonds is 6. The maximum atomic E-state index is 12.5. The number of nitrogens with zero attached hydrogens (tertiary/aromatic N) is 1. The lowest BCUT2D eigenvalue weighted by atomic mass is 10.1. The Kier molecular flexibility index (Phi) is 6.16. The largest absolute Gasteiger partial charge is 0.497 e. The molecule has 0 aromatic heterocycles. The molecule has 3 rings (SSSR count). The molecule has 7 nitrogen and oxygen atoms in total. The number of morpholine rings is 1. The molecular formula is C21H24N2O5. The van der Waals surface area contributed by atoms with E-state index in [0.29, 0.717) is 23.6 Å². The van der Waals surface area contributed by atoms with Crippen molar-refractivity contribution < 1.29 is 23.8 Å². The zero-order valence-corrected chi connectivity index (χ0v) is 16.2. The smallest absolute Gasteiger partial charge is 0.253 e. The number of carbonyl (C=O) groups excluding carboxylic acids is 2. The van der Waals surface area contributed by atoms with Gasteiger partial charge in [-0.25, -0.2) is 0 Å². The van der Waals surface area contributed by atoms with Crippen LogP contribution in [0, 0.1) is 6.92 Å². The predicted molar refractivity (Wildman–Crippen MR) is 105 cm³/mol. The monoisotopic (exact) mass is 384 g/mol. The molecule has 1 fully saturated rings. The molecule has 1 aliphatic heterocycles. The highest BCUT2D eigenvalue weighted by Crippen LogP contribution is 2.23. The maximum Gasteiger partial charge on any atom is 0.253 e. The quantitative estimate of drug-likeness (QED) is 0.826. The predicted octanol–water partition coefficient (Wildman–Crippen LogP) is 2.17. The third-order valence-electron chi connectivity index (χ3n) is 4.55. The van der Waals surface area contributed by atoms with Crippen LogP contribution in [0.5, 0.6) is 11.5 Å². The fourth-order valence-electron chi connectivity index (χ4n) is 3.04. The van der Waals surface area contributed by atoms with Crippen molar-refractivity contribution in [2.45, 2.75) is 13.0 Å². The summed E-state index contributed by atoms with van der Waals surface area (Å²) in [6.07, 6.45) is -0.297. The summed E-state index contributed by atoms with van der Waals surface area (Å²) in [5.41, 5.74) is 2.34. The zero-order chi connectivity index (χ0) is 20.1. The van der Waals surface area contributed by atoms with Crippen LogP contribution in [0.2, 0.25) is 0 Å². The van der Waals surface area contributed by atoms with E-state index in [1.54, 1.807) is 23.1 Å². The van der Waals surface area contributed by atoms with Gasteiger partial charge in [0, 0.05) is 23.9 Å². The summed E-state index contributed by atoms with van der Waals surface area (Å²) in [6.45, 7) is 2.63. The van der Waals surface area contributed by atoms with Crippen LogP contribution in [0.4, 0.5) is 5.69 Å². The lowest BCUT2D eigenvalue weighted by molar-refractivity contribution is -0.129. The summed E-state index contributed by atoms with van der Waals surface area (Å²) < 4.78 is 16.0. The molecule has 148 valence electrons. The first-order valence-corrected chi connectivity index (χ1v) is 9.00. The highest BCUT2D eigenvalue weighted by atomic mass is 16.5. The molecule has 2 aromatic rings. The summed E-state index contributed by atoms with van der Waals surface area (Å²) >= 11 is 0. The van der Waals surface area contributed by atoms with Crippen LogP contribution in [0.1, 0.15) is 15.9 Å². The lowest BCUT2D eigenvalue weighted by Crippen LogP contribution is -2.50. The minimum Gasteiger partial charge on any atom is -0.497 e. The number of anilines is 1. The highest BCUT2D eigenvalue weighted by Gasteiger charge is 2.28. The molecule has 2 aromatic carbocycles. The number of amides is 2. The summed E-state index contributed by atoms with van der Waals surface area (Å²) in [7, 11) is 3.06. The molecule has 28 heavy (non-hydrogen) atoms. The van der Waals surface area contributed by atoms with E-state index < -0.39 is 0 Å². The molecule has 1 saturated heterocycles. The van der Waals surface area contributed by atoms with Crippen molar-refractivity contribution in [2.24, 2.45) is 0 Å². The molecule has 0 radical (unpaired) electrons. The molecule has 1 aliphatic rings. The van der Waals surface area contributed by atoms with Crippen LogP contribution in [0.25, 0.3) is 0 Å². The topological polar surface area (TPSA) is 77.1 Å². The number of carbonyl (C=O) groups is 2. The summed E-state index contributed by atoms with van der Waals surface area (Å²) in [5, 5.41) is 2.86. The van der Waals surface area contributed by atoms with Crippen molar-refractivity contribution in [3.8, 4) is 11.5 Å². The Morgan fingerprint density at radius 2 is 1.89 bits per heavy atom. The summed E-state index contributed by atoms with van der Waals surface area (Å²) in [5.74, 6) is 0.717. The van der Waals surface area contributed by atoms with Gasteiger partial charge in [0.05, 0.1) is 26.9 Å². The van der Waals surface area contributed by atoms with Crippen LogP contribution >= 0.6 is 0 Å². The highest BCUT2D eigenvalue weighted by molar-refractivity contribution is 5.96. The third kappa shape index (κ3) is 4.61. The average Bonchev–Trinajstić information content (AvgIpc) is 2.72. The second-order valence-corrected chi connectivity index (χ2v) is 6.59. The standard InChI is InChI=1S/C21H24N2O5/c1-14-5-4-6-16(7-14)23-12-19(28-13-20(23)24)11-22-21(25)15-8-17(26-2)10-18(9-15)27-3/h4-10,19H,11-13H2,1-3H3,(H,22,25). The number of hydrogen-bond acceptors (Lipinski definition) is 5. The van der Waals surface area contributed by atoms with E-state index in [1.807, 2.05) is 31.2 Å². The van der Waals surface area contributed by atoms with Crippen molar-refractivity contribution in [1.29, 1.82) is 0 Å². The summed E-state index contributed by atoms with van der Waals surface area (Å²) in [6, 6.07) is 12.7. The fourth-order valence-corrected chi connectivity index (χ4v) is 3.04. The number of aryl methyl sites for hydroxylation is 1.